The summed E-state index contributed by atoms with van der Waals surface area (Å²) in [5.74, 6) is 2.39. The van der Waals surface area contributed by atoms with Crippen LogP contribution in [0, 0.1) is 0 Å². The third kappa shape index (κ3) is 1.95. The fourth-order valence-corrected chi connectivity index (χ4v) is 1.86. The molecule has 18 heavy (non-hydrogen) atoms. The molecule has 0 atom stereocenters. The largest absolute Gasteiger partial charge is 0.439 e. The van der Waals surface area contributed by atoms with Gasteiger partial charge in [0.1, 0.15) is 5.75 Å². The summed E-state index contributed by atoms with van der Waals surface area (Å²) in [5, 5.41) is 11.4. The van der Waals surface area contributed by atoms with Crippen molar-refractivity contribution in [1.82, 2.24) is 19.8 Å². The number of ether oxygens (including phenoxy) is 1. The average molecular weight is 242 g/mol. The van der Waals surface area contributed by atoms with Crippen LogP contribution in [0.4, 0.5) is 0 Å². The molecule has 0 bridgehead atoms. The number of fused-ring (bicyclic) bond motifs is 1. The van der Waals surface area contributed by atoms with Gasteiger partial charge in [0.25, 0.3) is 0 Å². The number of para-hydroxylation sites is 1. The van der Waals surface area contributed by atoms with Crippen LogP contribution in [0.15, 0.2) is 36.4 Å². The summed E-state index contributed by atoms with van der Waals surface area (Å²) in [4.78, 5) is 0. The van der Waals surface area contributed by atoms with Crippen molar-refractivity contribution in [3.8, 4) is 11.6 Å². The highest BCUT2D eigenvalue weighted by Gasteiger charge is 2.09. The van der Waals surface area contributed by atoms with Crippen molar-refractivity contribution < 1.29 is 4.74 Å². The van der Waals surface area contributed by atoms with Gasteiger partial charge in [-0.1, -0.05) is 25.1 Å². The van der Waals surface area contributed by atoms with Crippen LogP contribution in [0.3, 0.4) is 0 Å². The first kappa shape index (κ1) is 10.8. The summed E-state index contributed by atoms with van der Waals surface area (Å²) in [6.45, 7) is 2.12. The van der Waals surface area contributed by atoms with E-state index in [-0.39, 0.29) is 0 Å². The number of aromatic amines is 1. The molecule has 1 aromatic carbocycles. The number of H-pyrrole nitrogens is 1. The van der Waals surface area contributed by atoms with Gasteiger partial charge in [-0.2, -0.15) is 0 Å². The number of nitrogens with zero attached hydrogens (tertiary/aromatic N) is 3. The van der Waals surface area contributed by atoms with Crippen LogP contribution in [0.5, 0.6) is 11.6 Å². The Kier molecular flexibility index (Phi) is 2.72. The van der Waals surface area contributed by atoms with Gasteiger partial charge >= 0.3 is 0 Å². The fraction of sp³-hybridized carbons (Fsp3) is 0.231. The van der Waals surface area contributed by atoms with Gasteiger partial charge in [0.2, 0.25) is 5.88 Å². The first-order valence-electron chi connectivity index (χ1n) is 6.02. The first-order chi connectivity index (χ1) is 8.86. The van der Waals surface area contributed by atoms with Gasteiger partial charge < -0.3 is 4.74 Å². The Morgan fingerprint density at radius 1 is 1.22 bits per heavy atom. The molecule has 1 N–H and O–H groups in total. The zero-order chi connectivity index (χ0) is 12.4. The predicted molar refractivity (Wildman–Crippen MR) is 67.8 cm³/mol. The van der Waals surface area contributed by atoms with Crippen LogP contribution in [-0.2, 0) is 6.42 Å². The second kappa shape index (κ2) is 4.52. The summed E-state index contributed by atoms with van der Waals surface area (Å²) < 4.78 is 7.57. The summed E-state index contributed by atoms with van der Waals surface area (Å²) in [7, 11) is 0. The monoisotopic (exact) mass is 242 g/mol. The number of hydrogen-bond donors (Lipinski definition) is 1. The van der Waals surface area contributed by atoms with Gasteiger partial charge in [0.15, 0.2) is 11.5 Å². The van der Waals surface area contributed by atoms with E-state index in [4.69, 9.17) is 4.74 Å². The molecule has 0 saturated heterocycles. The molecule has 3 aromatic rings. The quantitative estimate of drug-likeness (QED) is 0.765. The van der Waals surface area contributed by atoms with Crippen molar-refractivity contribution in [2.45, 2.75) is 19.8 Å². The van der Waals surface area contributed by atoms with E-state index in [0.717, 1.165) is 30.1 Å². The number of rotatable bonds is 4. The molecule has 0 fully saturated rings. The van der Waals surface area contributed by atoms with E-state index in [1.165, 1.54) is 0 Å². The summed E-state index contributed by atoms with van der Waals surface area (Å²) in [6, 6.07) is 11.5. The SMILES string of the molecule is CCCc1nnc2cc(Oc3ccccc3)[nH]n12. The van der Waals surface area contributed by atoms with Gasteiger partial charge in [0.05, 0.1) is 0 Å². The van der Waals surface area contributed by atoms with Crippen LogP contribution in [0.25, 0.3) is 5.65 Å². The molecule has 0 saturated carbocycles. The molecule has 2 heterocycles. The third-order valence-corrected chi connectivity index (χ3v) is 2.68. The number of aryl methyl sites for hydroxylation is 1. The van der Waals surface area contributed by atoms with Crippen molar-refractivity contribution in [3.05, 3.63) is 42.2 Å². The second-order valence-electron chi connectivity index (χ2n) is 4.10. The Labute approximate surface area is 104 Å². The molecule has 0 aliphatic rings. The molecule has 92 valence electrons. The van der Waals surface area contributed by atoms with Gasteiger partial charge in [-0.15, -0.1) is 10.2 Å². The lowest BCUT2D eigenvalue weighted by atomic mass is 10.3. The first-order valence-corrected chi connectivity index (χ1v) is 6.02. The molecule has 5 nitrogen and oxygen atoms in total. The van der Waals surface area contributed by atoms with E-state index >= 15 is 0 Å². The zero-order valence-corrected chi connectivity index (χ0v) is 10.1. The van der Waals surface area contributed by atoms with Crippen LogP contribution in [-0.4, -0.2) is 19.8 Å². The van der Waals surface area contributed by atoms with E-state index in [1.807, 2.05) is 40.9 Å². The van der Waals surface area contributed by atoms with Crippen molar-refractivity contribution in [2.24, 2.45) is 0 Å². The number of nitrogens with one attached hydrogen (secondary N) is 1. The van der Waals surface area contributed by atoms with E-state index < -0.39 is 0 Å². The lowest BCUT2D eigenvalue weighted by Gasteiger charge is -2.01. The van der Waals surface area contributed by atoms with Crippen LogP contribution >= 0.6 is 0 Å². The molecule has 0 spiro atoms. The highest BCUT2D eigenvalue weighted by atomic mass is 16.5. The highest BCUT2D eigenvalue weighted by Crippen LogP contribution is 2.20. The molecule has 3 rings (SSSR count). The topological polar surface area (TPSA) is 55.2 Å². The number of hydrogen-bond acceptors (Lipinski definition) is 3. The van der Waals surface area contributed by atoms with Crippen molar-refractivity contribution >= 4 is 5.65 Å². The van der Waals surface area contributed by atoms with Crippen molar-refractivity contribution in [1.29, 1.82) is 0 Å². The number of aromatic nitrogens is 4. The summed E-state index contributed by atoms with van der Waals surface area (Å²) >= 11 is 0. The summed E-state index contributed by atoms with van der Waals surface area (Å²) in [5.41, 5.74) is 0.782. The molecule has 0 radical (unpaired) electrons. The minimum atomic E-state index is 0.670. The Morgan fingerprint density at radius 3 is 2.83 bits per heavy atom. The predicted octanol–water partition coefficient (Wildman–Crippen LogP) is 2.80. The molecule has 0 aliphatic carbocycles. The van der Waals surface area contributed by atoms with Gasteiger partial charge in [-0.25, -0.2) is 4.52 Å². The van der Waals surface area contributed by atoms with Gasteiger partial charge in [0, 0.05) is 12.5 Å². The fourth-order valence-electron chi connectivity index (χ4n) is 1.86. The maximum absolute atomic E-state index is 5.71. The van der Waals surface area contributed by atoms with E-state index in [1.54, 1.807) is 0 Å². The Morgan fingerprint density at radius 2 is 2.06 bits per heavy atom. The van der Waals surface area contributed by atoms with Gasteiger partial charge in [-0.3, -0.25) is 5.10 Å². The maximum atomic E-state index is 5.71. The van der Waals surface area contributed by atoms with Crippen LogP contribution in [0.2, 0.25) is 0 Å². The zero-order valence-electron chi connectivity index (χ0n) is 10.1. The second-order valence-corrected chi connectivity index (χ2v) is 4.10. The van der Waals surface area contributed by atoms with Gasteiger partial charge in [-0.05, 0) is 18.6 Å². The minimum absolute atomic E-state index is 0.670. The molecule has 0 aliphatic heterocycles. The van der Waals surface area contributed by atoms with Crippen LogP contribution < -0.4 is 4.74 Å². The smallest absolute Gasteiger partial charge is 0.216 e. The molecular weight excluding hydrogens is 228 g/mol. The Bertz CT molecular complexity index is 641. The average Bonchev–Trinajstić information content (AvgIpc) is 2.93. The maximum Gasteiger partial charge on any atom is 0.216 e. The molecule has 0 unspecified atom stereocenters. The number of benzene rings is 1. The lowest BCUT2D eigenvalue weighted by molar-refractivity contribution is 0.457. The summed E-state index contributed by atoms with van der Waals surface area (Å²) in [6.07, 6.45) is 1.93. The Balaban J connectivity index is 1.89. The third-order valence-electron chi connectivity index (χ3n) is 2.68. The molecule has 5 heteroatoms. The highest BCUT2D eigenvalue weighted by molar-refractivity contribution is 5.42. The van der Waals surface area contributed by atoms with Crippen molar-refractivity contribution in [2.75, 3.05) is 0 Å². The van der Waals surface area contributed by atoms with E-state index in [9.17, 15) is 0 Å². The lowest BCUT2D eigenvalue weighted by Crippen LogP contribution is -1.95. The standard InChI is InChI=1S/C13H14N4O/c1-2-6-11-14-15-12-9-13(16-17(11)12)18-10-7-4-3-5-8-10/h3-5,7-9,16H,2,6H2,1H3. The van der Waals surface area contributed by atoms with E-state index in [0.29, 0.717) is 5.88 Å². The minimum Gasteiger partial charge on any atom is -0.439 e. The molecule has 0 amide bonds. The Hall–Kier alpha value is -2.30. The molecule has 2 aromatic heterocycles. The molecular formula is C13H14N4O. The van der Waals surface area contributed by atoms with E-state index in [2.05, 4.69) is 22.2 Å². The van der Waals surface area contributed by atoms with Crippen molar-refractivity contribution in [3.63, 3.8) is 0 Å². The normalized spacial score (nSPS) is 10.9. The van der Waals surface area contributed by atoms with Crippen LogP contribution in [0.1, 0.15) is 19.2 Å².